The highest BCUT2D eigenvalue weighted by atomic mass is 16.5. The smallest absolute Gasteiger partial charge is 0.150 e. The van der Waals surface area contributed by atoms with Crippen molar-refractivity contribution in [1.82, 2.24) is 10.1 Å². The zero-order valence-corrected chi connectivity index (χ0v) is 7.03. The molecule has 1 fully saturated rings. The molecule has 0 bridgehead atoms. The summed E-state index contributed by atoms with van der Waals surface area (Å²) >= 11 is 0. The molecule has 4 nitrogen and oxygen atoms in total. The van der Waals surface area contributed by atoms with E-state index in [1.165, 1.54) is 0 Å². The molecule has 1 aromatic rings. The summed E-state index contributed by atoms with van der Waals surface area (Å²) in [6.07, 6.45) is 1.63. The van der Waals surface area contributed by atoms with Gasteiger partial charge in [0.05, 0.1) is 18.3 Å². The van der Waals surface area contributed by atoms with E-state index < -0.39 is 5.60 Å². The molecule has 2 heterocycles. The quantitative estimate of drug-likeness (QED) is 0.687. The number of nitrogens with zero attached hydrogens (tertiary/aromatic N) is 2. The van der Waals surface area contributed by atoms with Crippen molar-refractivity contribution in [2.24, 2.45) is 0 Å². The van der Waals surface area contributed by atoms with Crippen LogP contribution in [0.15, 0.2) is 16.8 Å². The van der Waals surface area contributed by atoms with Crippen LogP contribution in [0, 0.1) is 0 Å². The van der Waals surface area contributed by atoms with E-state index in [2.05, 4.69) is 10.1 Å². The van der Waals surface area contributed by atoms with Gasteiger partial charge >= 0.3 is 0 Å². The third-order valence-corrected chi connectivity index (χ3v) is 2.00. The van der Waals surface area contributed by atoms with Crippen molar-refractivity contribution >= 4 is 0 Å². The van der Waals surface area contributed by atoms with Gasteiger partial charge in [0.25, 0.3) is 0 Å². The van der Waals surface area contributed by atoms with E-state index in [0.717, 1.165) is 12.3 Å². The van der Waals surface area contributed by atoms with E-state index in [0.29, 0.717) is 13.1 Å². The van der Waals surface area contributed by atoms with Crippen LogP contribution in [0.3, 0.4) is 0 Å². The fourth-order valence-electron chi connectivity index (χ4n) is 1.57. The lowest BCUT2D eigenvalue weighted by Gasteiger charge is -2.43. The van der Waals surface area contributed by atoms with Gasteiger partial charge in [0.1, 0.15) is 0 Å². The lowest BCUT2D eigenvalue weighted by molar-refractivity contribution is -0.0895. The van der Waals surface area contributed by atoms with Crippen molar-refractivity contribution < 1.29 is 9.63 Å². The average Bonchev–Trinajstić information content (AvgIpc) is 2.35. The number of likely N-dealkylation sites (tertiary alicyclic amines) is 1. The molecule has 0 atom stereocenters. The van der Waals surface area contributed by atoms with Crippen LogP contribution in [0.1, 0.15) is 12.7 Å². The molecule has 0 radical (unpaired) electrons. The molecule has 0 aromatic carbocycles. The third kappa shape index (κ3) is 1.49. The molecule has 0 unspecified atom stereocenters. The van der Waals surface area contributed by atoms with Crippen LogP contribution in [-0.2, 0) is 6.54 Å². The highest BCUT2D eigenvalue weighted by Crippen LogP contribution is 2.21. The zero-order valence-electron chi connectivity index (χ0n) is 7.03. The van der Waals surface area contributed by atoms with Gasteiger partial charge in [0, 0.05) is 19.2 Å². The molecule has 1 aliphatic rings. The molecule has 4 heteroatoms. The predicted octanol–water partition coefficient (Wildman–Crippen LogP) is 0.241. The Labute approximate surface area is 70.8 Å². The van der Waals surface area contributed by atoms with Crippen LogP contribution >= 0.6 is 0 Å². The monoisotopic (exact) mass is 168 g/mol. The van der Waals surface area contributed by atoms with E-state index in [-0.39, 0.29) is 0 Å². The summed E-state index contributed by atoms with van der Waals surface area (Å²) in [7, 11) is 0. The first-order valence-corrected chi connectivity index (χ1v) is 4.00. The Balaban J connectivity index is 1.84. The van der Waals surface area contributed by atoms with Crippen molar-refractivity contribution in [2.45, 2.75) is 19.1 Å². The van der Waals surface area contributed by atoms with Crippen LogP contribution in [-0.4, -0.2) is 33.9 Å². The highest BCUT2D eigenvalue weighted by molar-refractivity contribution is 4.98. The van der Waals surface area contributed by atoms with E-state index in [1.807, 2.05) is 13.0 Å². The summed E-state index contributed by atoms with van der Waals surface area (Å²) in [6.45, 7) is 4.02. The van der Waals surface area contributed by atoms with Crippen LogP contribution in [0.2, 0.25) is 0 Å². The van der Waals surface area contributed by atoms with Crippen LogP contribution in [0.4, 0.5) is 0 Å². The first-order chi connectivity index (χ1) is 5.66. The number of hydrogen-bond acceptors (Lipinski definition) is 4. The predicted molar refractivity (Wildman–Crippen MR) is 42.4 cm³/mol. The summed E-state index contributed by atoms with van der Waals surface area (Å²) in [4.78, 5) is 2.11. The first kappa shape index (κ1) is 7.76. The Morgan fingerprint density at radius 2 is 2.50 bits per heavy atom. The Hall–Kier alpha value is -0.870. The molecule has 66 valence electrons. The fourth-order valence-corrected chi connectivity index (χ4v) is 1.57. The summed E-state index contributed by atoms with van der Waals surface area (Å²) < 4.78 is 4.93. The summed E-state index contributed by atoms with van der Waals surface area (Å²) in [5.74, 6) is 0.852. The SMILES string of the molecule is CC1(O)CN(Cc2ccno2)C1. The molecule has 0 spiro atoms. The second-order valence-electron chi connectivity index (χ2n) is 3.62. The zero-order chi connectivity index (χ0) is 8.60. The second kappa shape index (κ2) is 2.57. The second-order valence-corrected chi connectivity index (χ2v) is 3.62. The lowest BCUT2D eigenvalue weighted by atomic mass is 9.97. The molecule has 2 rings (SSSR count). The van der Waals surface area contributed by atoms with Gasteiger partial charge in [-0.05, 0) is 6.92 Å². The Kier molecular flexibility index (Phi) is 1.66. The van der Waals surface area contributed by atoms with Crippen LogP contribution in [0.25, 0.3) is 0 Å². The highest BCUT2D eigenvalue weighted by Gasteiger charge is 2.36. The lowest BCUT2D eigenvalue weighted by Crippen LogP contribution is -2.59. The summed E-state index contributed by atoms with van der Waals surface area (Å²) in [6, 6.07) is 1.84. The van der Waals surface area contributed by atoms with Crippen molar-refractivity contribution in [2.75, 3.05) is 13.1 Å². The maximum absolute atomic E-state index is 9.42. The molecular weight excluding hydrogens is 156 g/mol. The molecule has 1 aromatic heterocycles. The van der Waals surface area contributed by atoms with Gasteiger partial charge < -0.3 is 9.63 Å². The van der Waals surface area contributed by atoms with E-state index in [9.17, 15) is 5.11 Å². The molecule has 1 N–H and O–H groups in total. The molecule has 1 saturated heterocycles. The fraction of sp³-hybridized carbons (Fsp3) is 0.625. The van der Waals surface area contributed by atoms with Crippen molar-refractivity contribution in [1.29, 1.82) is 0 Å². The standard InChI is InChI=1S/C8H12N2O2/c1-8(11)5-10(6-8)4-7-2-3-9-12-7/h2-3,11H,4-6H2,1H3. The van der Waals surface area contributed by atoms with Gasteiger partial charge in [0.15, 0.2) is 5.76 Å². The van der Waals surface area contributed by atoms with Crippen molar-refractivity contribution in [3.63, 3.8) is 0 Å². The van der Waals surface area contributed by atoms with E-state index >= 15 is 0 Å². The maximum Gasteiger partial charge on any atom is 0.150 e. The van der Waals surface area contributed by atoms with Crippen molar-refractivity contribution in [3.05, 3.63) is 18.0 Å². The summed E-state index contributed by atoms with van der Waals surface area (Å²) in [5.41, 5.74) is -0.500. The minimum atomic E-state index is -0.500. The minimum Gasteiger partial charge on any atom is -0.388 e. The number of aromatic nitrogens is 1. The van der Waals surface area contributed by atoms with Crippen molar-refractivity contribution in [3.8, 4) is 0 Å². The average molecular weight is 168 g/mol. The molecular formula is C8H12N2O2. The van der Waals surface area contributed by atoms with E-state index in [4.69, 9.17) is 4.52 Å². The maximum atomic E-state index is 9.42. The largest absolute Gasteiger partial charge is 0.388 e. The minimum absolute atomic E-state index is 0.500. The normalized spacial score (nSPS) is 22.2. The summed E-state index contributed by atoms with van der Waals surface area (Å²) in [5, 5.41) is 13.0. The molecule has 0 saturated carbocycles. The number of hydrogen-bond donors (Lipinski definition) is 1. The number of aliphatic hydroxyl groups is 1. The molecule has 1 aliphatic heterocycles. The van der Waals surface area contributed by atoms with Gasteiger partial charge in [-0.3, -0.25) is 4.90 Å². The van der Waals surface area contributed by atoms with Gasteiger partial charge in [-0.25, -0.2) is 0 Å². The molecule has 0 amide bonds. The van der Waals surface area contributed by atoms with Gasteiger partial charge in [-0.15, -0.1) is 0 Å². The Bertz CT molecular complexity index is 248. The number of rotatable bonds is 2. The van der Waals surface area contributed by atoms with E-state index in [1.54, 1.807) is 6.20 Å². The number of β-amino-alcohol motifs (C(OH)–C–C–N with tert-alkyl or cyclic N) is 1. The topological polar surface area (TPSA) is 49.5 Å². The van der Waals surface area contributed by atoms with Crippen LogP contribution < -0.4 is 0 Å². The van der Waals surface area contributed by atoms with Crippen LogP contribution in [0.5, 0.6) is 0 Å². The first-order valence-electron chi connectivity index (χ1n) is 4.00. The van der Waals surface area contributed by atoms with Gasteiger partial charge in [0.2, 0.25) is 0 Å². The Morgan fingerprint density at radius 1 is 1.75 bits per heavy atom. The Morgan fingerprint density at radius 3 is 3.00 bits per heavy atom. The van der Waals surface area contributed by atoms with Gasteiger partial charge in [-0.2, -0.15) is 0 Å². The third-order valence-electron chi connectivity index (χ3n) is 2.00. The molecule has 12 heavy (non-hydrogen) atoms. The van der Waals surface area contributed by atoms with Gasteiger partial charge in [-0.1, -0.05) is 5.16 Å². The molecule has 0 aliphatic carbocycles.